The maximum absolute atomic E-state index is 13.4. The van der Waals surface area contributed by atoms with Crippen LogP contribution in [0.5, 0.6) is 5.75 Å². The van der Waals surface area contributed by atoms with Crippen LogP contribution in [0.4, 0.5) is 16.2 Å². The van der Waals surface area contributed by atoms with Crippen molar-refractivity contribution < 1.29 is 23.9 Å². The third kappa shape index (κ3) is 9.81. The molecule has 0 saturated carbocycles. The van der Waals surface area contributed by atoms with Crippen LogP contribution in [-0.4, -0.2) is 38.1 Å². The van der Waals surface area contributed by atoms with E-state index in [4.69, 9.17) is 9.47 Å². The summed E-state index contributed by atoms with van der Waals surface area (Å²) in [7, 11) is 1.33. The molecule has 3 aromatic rings. The molecule has 0 radical (unpaired) electrons. The molecule has 0 bridgehead atoms. The SMILES string of the molecule is COC(=O)Cc1cccc(NC(=O)NCC(=O)N(CCC(C)(C)C)c2ccccc2OCc2ccccc2)c1. The second-order valence-electron chi connectivity index (χ2n) is 10.4. The number of para-hydroxylation sites is 2. The Morgan fingerprint density at radius 2 is 1.56 bits per heavy atom. The maximum atomic E-state index is 13.4. The molecule has 0 aromatic heterocycles. The molecule has 0 unspecified atom stereocenters. The molecule has 0 fully saturated rings. The highest BCUT2D eigenvalue weighted by atomic mass is 16.5. The summed E-state index contributed by atoms with van der Waals surface area (Å²) in [5, 5.41) is 5.37. The lowest BCUT2D eigenvalue weighted by Crippen LogP contribution is -2.43. The number of amides is 3. The summed E-state index contributed by atoms with van der Waals surface area (Å²) >= 11 is 0. The Morgan fingerprint density at radius 3 is 2.28 bits per heavy atom. The summed E-state index contributed by atoms with van der Waals surface area (Å²) in [4.78, 5) is 39.3. The van der Waals surface area contributed by atoms with Gasteiger partial charge in [0.25, 0.3) is 0 Å². The van der Waals surface area contributed by atoms with Gasteiger partial charge >= 0.3 is 12.0 Å². The fraction of sp³-hybridized carbons (Fsp3) is 0.323. The zero-order valence-electron chi connectivity index (χ0n) is 23.0. The monoisotopic (exact) mass is 531 g/mol. The molecule has 0 spiro atoms. The van der Waals surface area contributed by atoms with Gasteiger partial charge in [-0.25, -0.2) is 4.79 Å². The van der Waals surface area contributed by atoms with Crippen LogP contribution < -0.4 is 20.3 Å². The van der Waals surface area contributed by atoms with E-state index in [0.29, 0.717) is 35.8 Å². The van der Waals surface area contributed by atoms with Crippen LogP contribution >= 0.6 is 0 Å². The van der Waals surface area contributed by atoms with Crippen LogP contribution in [0.15, 0.2) is 78.9 Å². The first kappa shape index (κ1) is 29.2. The lowest BCUT2D eigenvalue weighted by Gasteiger charge is -2.28. The number of anilines is 2. The number of carbonyl (C=O) groups is 3. The first-order valence-corrected chi connectivity index (χ1v) is 12.9. The first-order valence-electron chi connectivity index (χ1n) is 12.9. The Hall–Kier alpha value is -4.33. The standard InChI is InChI=1S/C31H37N3O5/c1-31(2,3)17-18-34(26-15-8-9-16-27(26)39-22-23-11-6-5-7-12-23)28(35)21-32-30(37)33-25-14-10-13-24(19-25)20-29(36)38-4/h5-16,19H,17-18,20-22H2,1-4H3,(H2,32,33,37). The van der Waals surface area contributed by atoms with Crippen molar-refractivity contribution in [2.45, 2.75) is 40.2 Å². The molecular weight excluding hydrogens is 494 g/mol. The van der Waals surface area contributed by atoms with Crippen molar-refractivity contribution in [2.75, 3.05) is 30.4 Å². The number of methoxy groups -OCH3 is 1. The van der Waals surface area contributed by atoms with Crippen LogP contribution in [0.25, 0.3) is 0 Å². The summed E-state index contributed by atoms with van der Waals surface area (Å²) < 4.78 is 10.8. The molecule has 0 aliphatic carbocycles. The van der Waals surface area contributed by atoms with Gasteiger partial charge in [-0.1, -0.05) is 75.4 Å². The molecule has 0 heterocycles. The van der Waals surface area contributed by atoms with Crippen molar-refractivity contribution in [3.63, 3.8) is 0 Å². The second kappa shape index (κ2) is 14.0. The number of nitrogens with one attached hydrogen (secondary N) is 2. The van der Waals surface area contributed by atoms with Crippen molar-refractivity contribution in [3.8, 4) is 5.75 Å². The third-order valence-electron chi connectivity index (χ3n) is 5.94. The predicted octanol–water partition coefficient (Wildman–Crippen LogP) is 5.57. The number of esters is 1. The van der Waals surface area contributed by atoms with Gasteiger partial charge in [0.1, 0.15) is 12.4 Å². The van der Waals surface area contributed by atoms with Gasteiger partial charge in [0.05, 0.1) is 25.8 Å². The van der Waals surface area contributed by atoms with Crippen LogP contribution in [0.1, 0.15) is 38.3 Å². The van der Waals surface area contributed by atoms with E-state index in [1.165, 1.54) is 7.11 Å². The normalized spacial score (nSPS) is 10.9. The number of rotatable bonds is 11. The smallest absolute Gasteiger partial charge is 0.319 e. The van der Waals surface area contributed by atoms with E-state index in [-0.39, 0.29) is 30.3 Å². The second-order valence-corrected chi connectivity index (χ2v) is 10.4. The van der Waals surface area contributed by atoms with Crippen LogP contribution in [0.3, 0.4) is 0 Å². The summed E-state index contributed by atoms with van der Waals surface area (Å²) in [6.45, 7) is 6.99. The minimum atomic E-state index is -0.525. The van der Waals surface area contributed by atoms with Gasteiger partial charge in [-0.15, -0.1) is 0 Å². The first-order chi connectivity index (χ1) is 18.6. The largest absolute Gasteiger partial charge is 0.487 e. The summed E-state index contributed by atoms with van der Waals surface area (Å²) in [6, 6.07) is 23.6. The predicted molar refractivity (Wildman–Crippen MR) is 153 cm³/mol. The van der Waals surface area contributed by atoms with Crippen molar-refractivity contribution in [1.29, 1.82) is 0 Å². The van der Waals surface area contributed by atoms with Crippen LogP contribution in [-0.2, 0) is 27.4 Å². The number of carbonyl (C=O) groups excluding carboxylic acids is 3. The van der Waals surface area contributed by atoms with E-state index in [9.17, 15) is 14.4 Å². The average Bonchev–Trinajstić information content (AvgIpc) is 2.91. The Balaban J connectivity index is 1.69. The fourth-order valence-corrected chi connectivity index (χ4v) is 3.79. The molecule has 0 aliphatic heterocycles. The van der Waals surface area contributed by atoms with Crippen molar-refractivity contribution >= 4 is 29.3 Å². The number of hydrogen-bond donors (Lipinski definition) is 2. The summed E-state index contributed by atoms with van der Waals surface area (Å²) in [6.07, 6.45) is 0.853. The third-order valence-corrected chi connectivity index (χ3v) is 5.94. The summed E-state index contributed by atoms with van der Waals surface area (Å²) in [5.41, 5.74) is 2.88. The minimum absolute atomic E-state index is 0.00160. The quantitative estimate of drug-likeness (QED) is 0.315. The van der Waals surface area contributed by atoms with Gasteiger partial charge in [0.15, 0.2) is 0 Å². The number of nitrogens with zero attached hydrogens (tertiary/aromatic N) is 1. The Labute approximate surface area is 230 Å². The van der Waals surface area contributed by atoms with Crippen LogP contribution in [0, 0.1) is 5.41 Å². The maximum Gasteiger partial charge on any atom is 0.319 e. The van der Waals surface area contributed by atoms with Crippen molar-refractivity contribution in [1.82, 2.24) is 5.32 Å². The van der Waals surface area contributed by atoms with Crippen LogP contribution in [0.2, 0.25) is 0 Å². The molecule has 8 heteroatoms. The molecule has 39 heavy (non-hydrogen) atoms. The highest BCUT2D eigenvalue weighted by Crippen LogP contribution is 2.31. The Kier molecular flexibility index (Phi) is 10.5. The lowest BCUT2D eigenvalue weighted by molar-refractivity contribution is -0.139. The topological polar surface area (TPSA) is 97.0 Å². The van der Waals surface area contributed by atoms with E-state index >= 15 is 0 Å². The Morgan fingerprint density at radius 1 is 0.872 bits per heavy atom. The van der Waals surface area contributed by atoms with Gasteiger partial charge < -0.3 is 25.0 Å². The molecular formula is C31H37N3O5. The number of ether oxygens (including phenoxy) is 2. The zero-order chi connectivity index (χ0) is 28.3. The van der Waals surface area contributed by atoms with Gasteiger partial charge in [-0.2, -0.15) is 0 Å². The van der Waals surface area contributed by atoms with Gasteiger partial charge in [0.2, 0.25) is 5.91 Å². The minimum Gasteiger partial charge on any atom is -0.487 e. The molecule has 206 valence electrons. The van der Waals surface area contributed by atoms with Gasteiger partial charge in [-0.3, -0.25) is 9.59 Å². The van der Waals surface area contributed by atoms with E-state index in [1.807, 2.05) is 54.6 Å². The Bertz CT molecular complexity index is 1250. The molecule has 8 nitrogen and oxygen atoms in total. The molecule has 0 aliphatic rings. The molecule has 0 saturated heterocycles. The van der Waals surface area contributed by atoms with Crippen molar-refractivity contribution in [2.24, 2.45) is 5.41 Å². The number of urea groups is 1. The van der Waals surface area contributed by atoms with Crippen molar-refractivity contribution in [3.05, 3.63) is 90.0 Å². The van der Waals surface area contributed by atoms with E-state index in [0.717, 1.165) is 12.0 Å². The lowest BCUT2D eigenvalue weighted by atomic mass is 9.92. The molecule has 3 amide bonds. The van der Waals surface area contributed by atoms with Gasteiger partial charge in [-0.05, 0) is 47.2 Å². The number of hydrogen-bond acceptors (Lipinski definition) is 5. The van der Waals surface area contributed by atoms with E-state index in [1.54, 1.807) is 29.2 Å². The van der Waals surface area contributed by atoms with E-state index < -0.39 is 6.03 Å². The average molecular weight is 532 g/mol. The van der Waals surface area contributed by atoms with E-state index in [2.05, 4.69) is 31.4 Å². The fourth-order valence-electron chi connectivity index (χ4n) is 3.79. The molecule has 0 atom stereocenters. The summed E-state index contributed by atoms with van der Waals surface area (Å²) in [5.74, 6) is -0.0364. The molecule has 2 N–H and O–H groups in total. The highest BCUT2D eigenvalue weighted by Gasteiger charge is 2.22. The highest BCUT2D eigenvalue weighted by molar-refractivity contribution is 5.99. The molecule has 3 aromatic carbocycles. The zero-order valence-corrected chi connectivity index (χ0v) is 23.0. The number of benzene rings is 3. The molecule has 3 rings (SSSR count). The van der Waals surface area contributed by atoms with Gasteiger partial charge in [0, 0.05) is 12.2 Å².